The van der Waals surface area contributed by atoms with Crippen molar-refractivity contribution in [3.8, 4) is 5.75 Å². The van der Waals surface area contributed by atoms with Gasteiger partial charge in [0.25, 0.3) is 0 Å². The van der Waals surface area contributed by atoms with Crippen LogP contribution < -0.4 is 9.88 Å². The Morgan fingerprint density at radius 3 is 2.67 bits per heavy atom. The maximum absolute atomic E-state index is 11.0. The number of para-hydroxylation sites is 1. The molecule has 1 aliphatic carbocycles. The number of benzene rings is 1. The number of ether oxygens (including phenoxy) is 2. The number of nitrogens with two attached hydrogens (primary N) is 1. The van der Waals surface area contributed by atoms with Gasteiger partial charge in [-0.3, -0.25) is 4.18 Å². The third-order valence-corrected chi connectivity index (χ3v) is 4.38. The maximum Gasteiger partial charge on any atom is 0.333 e. The summed E-state index contributed by atoms with van der Waals surface area (Å²) < 4.78 is 38.9. The average Bonchev–Trinajstić information content (AvgIpc) is 2.45. The zero-order valence-corrected chi connectivity index (χ0v) is 12.5. The van der Waals surface area contributed by atoms with Crippen LogP contribution in [0.1, 0.15) is 43.8 Å². The van der Waals surface area contributed by atoms with Gasteiger partial charge in [0.1, 0.15) is 11.9 Å². The summed E-state index contributed by atoms with van der Waals surface area (Å²) in [6.07, 6.45) is 4.33. The minimum atomic E-state index is -3.99. The van der Waals surface area contributed by atoms with Crippen LogP contribution in [0, 0.1) is 0 Å². The van der Waals surface area contributed by atoms with E-state index in [-0.39, 0.29) is 6.61 Å². The zero-order valence-electron chi connectivity index (χ0n) is 11.7. The fourth-order valence-electron chi connectivity index (χ4n) is 2.98. The van der Waals surface area contributed by atoms with Gasteiger partial charge in [-0.05, 0) is 18.9 Å². The summed E-state index contributed by atoms with van der Waals surface area (Å²) >= 11 is 0. The van der Waals surface area contributed by atoms with Crippen LogP contribution in [0.2, 0.25) is 0 Å². The van der Waals surface area contributed by atoms with Crippen LogP contribution in [-0.4, -0.2) is 20.8 Å². The maximum atomic E-state index is 11.0. The Labute approximate surface area is 124 Å². The van der Waals surface area contributed by atoms with Crippen molar-refractivity contribution in [1.82, 2.24) is 0 Å². The predicted molar refractivity (Wildman–Crippen MR) is 75.8 cm³/mol. The Kier molecular flexibility index (Phi) is 3.92. The van der Waals surface area contributed by atoms with Crippen molar-refractivity contribution < 1.29 is 22.1 Å². The van der Waals surface area contributed by atoms with Gasteiger partial charge in [0, 0.05) is 18.4 Å². The van der Waals surface area contributed by atoms with E-state index < -0.39 is 22.2 Å². The Hall–Kier alpha value is -1.15. The van der Waals surface area contributed by atoms with E-state index in [9.17, 15) is 8.42 Å². The summed E-state index contributed by atoms with van der Waals surface area (Å²) in [5.41, 5.74) is 0.789. The molecule has 116 valence electrons. The Morgan fingerprint density at radius 2 is 1.95 bits per heavy atom. The average molecular weight is 313 g/mol. The first kappa shape index (κ1) is 14.8. The van der Waals surface area contributed by atoms with E-state index in [0.29, 0.717) is 0 Å². The van der Waals surface area contributed by atoms with E-state index in [1.54, 1.807) is 0 Å². The molecule has 1 aromatic carbocycles. The molecular weight excluding hydrogens is 294 g/mol. The highest BCUT2D eigenvalue weighted by Crippen LogP contribution is 2.44. The number of hydrogen-bond acceptors (Lipinski definition) is 5. The summed E-state index contributed by atoms with van der Waals surface area (Å²) in [6.45, 7) is -0.138. The summed E-state index contributed by atoms with van der Waals surface area (Å²) in [6, 6.07) is 7.47. The van der Waals surface area contributed by atoms with Crippen molar-refractivity contribution in [3.05, 3.63) is 29.8 Å². The number of hydrogen-bond donors (Lipinski definition) is 1. The molecule has 0 amide bonds. The van der Waals surface area contributed by atoms with Crippen molar-refractivity contribution >= 4 is 10.3 Å². The van der Waals surface area contributed by atoms with E-state index in [1.807, 2.05) is 24.3 Å². The minimum absolute atomic E-state index is 0.138. The first-order chi connectivity index (χ1) is 9.98. The lowest BCUT2D eigenvalue weighted by atomic mass is 9.92. The molecular formula is C14H19NO5S. The Balaban J connectivity index is 1.86. The minimum Gasteiger partial charge on any atom is -0.462 e. The molecule has 0 bridgehead atoms. The second kappa shape index (κ2) is 5.57. The molecule has 1 atom stereocenters. The molecule has 0 saturated heterocycles. The third-order valence-electron chi connectivity index (χ3n) is 3.92. The van der Waals surface area contributed by atoms with Crippen LogP contribution in [0.15, 0.2) is 24.3 Å². The summed E-state index contributed by atoms with van der Waals surface area (Å²) in [5.74, 6) is 0.0626. The third kappa shape index (κ3) is 3.37. The monoisotopic (exact) mass is 313 g/mol. The van der Waals surface area contributed by atoms with Gasteiger partial charge in [0.15, 0.2) is 0 Å². The molecule has 0 unspecified atom stereocenters. The SMILES string of the molecule is NS(=O)(=O)OC[C@@H]1OC2(CCCCC2)Oc2ccccc21. The van der Waals surface area contributed by atoms with E-state index >= 15 is 0 Å². The van der Waals surface area contributed by atoms with Crippen molar-refractivity contribution in [3.63, 3.8) is 0 Å². The van der Waals surface area contributed by atoms with Gasteiger partial charge in [-0.1, -0.05) is 24.6 Å². The lowest BCUT2D eigenvalue weighted by Crippen LogP contribution is -2.46. The second-order valence-electron chi connectivity index (χ2n) is 5.50. The quantitative estimate of drug-likeness (QED) is 0.922. The normalized spacial score (nSPS) is 24.3. The molecule has 2 aliphatic rings. The smallest absolute Gasteiger partial charge is 0.333 e. The van der Waals surface area contributed by atoms with Gasteiger partial charge in [-0.2, -0.15) is 8.42 Å². The summed E-state index contributed by atoms with van der Waals surface area (Å²) in [4.78, 5) is 0. The molecule has 1 saturated carbocycles. The standard InChI is InChI=1S/C14H19NO5S/c15-21(16,17)18-10-13-11-6-2-3-7-12(11)19-14(20-13)8-4-1-5-9-14/h2-3,6-7,13H,1,4-5,8-10H2,(H2,15,16,17)/t13-/m0/s1. The largest absolute Gasteiger partial charge is 0.462 e. The van der Waals surface area contributed by atoms with Crippen LogP contribution in [0.3, 0.4) is 0 Å². The van der Waals surface area contributed by atoms with Gasteiger partial charge < -0.3 is 9.47 Å². The molecule has 1 aliphatic heterocycles. The lowest BCUT2D eigenvalue weighted by Gasteiger charge is -2.44. The summed E-state index contributed by atoms with van der Waals surface area (Å²) in [7, 11) is -3.99. The van der Waals surface area contributed by atoms with Crippen LogP contribution in [-0.2, 0) is 19.2 Å². The van der Waals surface area contributed by atoms with Crippen molar-refractivity contribution in [2.75, 3.05) is 6.61 Å². The van der Waals surface area contributed by atoms with Gasteiger partial charge in [-0.15, -0.1) is 0 Å². The Bertz CT molecular complexity index is 610. The van der Waals surface area contributed by atoms with Crippen LogP contribution >= 0.6 is 0 Å². The molecule has 21 heavy (non-hydrogen) atoms. The highest BCUT2D eigenvalue weighted by Gasteiger charge is 2.43. The first-order valence-electron chi connectivity index (χ1n) is 7.10. The van der Waals surface area contributed by atoms with Crippen LogP contribution in [0.5, 0.6) is 5.75 Å². The molecule has 1 spiro atoms. The zero-order chi connectivity index (χ0) is 14.9. The molecule has 6 nitrogen and oxygen atoms in total. The number of rotatable bonds is 3. The molecule has 1 heterocycles. The molecule has 3 rings (SSSR count). The summed E-state index contributed by atoms with van der Waals surface area (Å²) in [5, 5.41) is 4.91. The highest BCUT2D eigenvalue weighted by atomic mass is 32.2. The number of fused-ring (bicyclic) bond motifs is 1. The molecule has 0 aromatic heterocycles. The molecule has 1 aromatic rings. The molecule has 7 heteroatoms. The van der Waals surface area contributed by atoms with Gasteiger partial charge in [0.2, 0.25) is 5.79 Å². The fourth-order valence-corrected chi connectivity index (χ4v) is 3.29. The van der Waals surface area contributed by atoms with E-state index in [0.717, 1.165) is 43.4 Å². The predicted octanol–water partition coefficient (Wildman–Crippen LogP) is 2.02. The van der Waals surface area contributed by atoms with Crippen molar-refractivity contribution in [2.45, 2.75) is 44.0 Å². The highest BCUT2D eigenvalue weighted by molar-refractivity contribution is 7.84. The van der Waals surface area contributed by atoms with Gasteiger partial charge in [-0.25, -0.2) is 5.14 Å². The van der Waals surface area contributed by atoms with Crippen LogP contribution in [0.4, 0.5) is 0 Å². The van der Waals surface area contributed by atoms with Gasteiger partial charge >= 0.3 is 10.3 Å². The van der Waals surface area contributed by atoms with Crippen LogP contribution in [0.25, 0.3) is 0 Å². The molecule has 1 fully saturated rings. The topological polar surface area (TPSA) is 87.9 Å². The molecule has 2 N–H and O–H groups in total. The van der Waals surface area contributed by atoms with Crippen molar-refractivity contribution in [1.29, 1.82) is 0 Å². The lowest BCUT2D eigenvalue weighted by molar-refractivity contribution is -0.249. The van der Waals surface area contributed by atoms with E-state index in [2.05, 4.69) is 0 Å². The second-order valence-corrected chi connectivity index (χ2v) is 6.72. The molecule has 0 radical (unpaired) electrons. The van der Waals surface area contributed by atoms with E-state index in [4.69, 9.17) is 18.8 Å². The fraction of sp³-hybridized carbons (Fsp3) is 0.571. The Morgan fingerprint density at radius 1 is 1.24 bits per heavy atom. The first-order valence-corrected chi connectivity index (χ1v) is 8.58. The van der Waals surface area contributed by atoms with E-state index in [1.165, 1.54) is 0 Å². The van der Waals surface area contributed by atoms with Crippen molar-refractivity contribution in [2.24, 2.45) is 5.14 Å². The van der Waals surface area contributed by atoms with Gasteiger partial charge in [0.05, 0.1) is 6.61 Å².